The molecule has 5 heteroatoms. The molecule has 1 heterocycles. The highest BCUT2D eigenvalue weighted by molar-refractivity contribution is 5.43. The first-order valence-corrected chi connectivity index (χ1v) is 6.65. The molecule has 0 radical (unpaired) electrons. The van der Waals surface area contributed by atoms with Gasteiger partial charge in [-0.3, -0.25) is 4.98 Å². The Labute approximate surface area is 119 Å². The summed E-state index contributed by atoms with van der Waals surface area (Å²) in [4.78, 5) is 8.50. The maximum Gasteiger partial charge on any atom is 0.234 e. The second kappa shape index (κ2) is 6.23. The minimum absolute atomic E-state index is 0.0778. The van der Waals surface area contributed by atoms with Crippen LogP contribution in [-0.2, 0) is 0 Å². The fraction of sp³-hybridized carbons (Fsp3) is 0.333. The smallest absolute Gasteiger partial charge is 0.234 e. The molecule has 106 valence electrons. The van der Waals surface area contributed by atoms with E-state index in [1.807, 2.05) is 38.1 Å². The molecule has 0 saturated carbocycles. The maximum atomic E-state index is 5.69. The summed E-state index contributed by atoms with van der Waals surface area (Å²) in [5.74, 6) is 1.21. The monoisotopic (exact) mass is 272 g/mol. The number of benzene rings is 1. The lowest BCUT2D eigenvalue weighted by atomic mass is 10.1. The standard InChI is InChI=1S/C15H20N4O/c1-10(2)20-15-9-17-8-14(19-15)18-11(3)12-4-6-13(16)7-5-12/h4-11H,16H2,1-3H3,(H,18,19). The molecule has 0 amide bonds. The van der Waals surface area contributed by atoms with E-state index in [1.54, 1.807) is 12.4 Å². The van der Waals surface area contributed by atoms with E-state index < -0.39 is 0 Å². The van der Waals surface area contributed by atoms with E-state index in [2.05, 4.69) is 22.2 Å². The van der Waals surface area contributed by atoms with Crippen molar-refractivity contribution in [2.45, 2.75) is 32.9 Å². The quantitative estimate of drug-likeness (QED) is 0.818. The molecule has 0 aliphatic heterocycles. The molecule has 0 saturated heterocycles. The Morgan fingerprint density at radius 1 is 1.10 bits per heavy atom. The number of anilines is 2. The fourth-order valence-electron chi connectivity index (χ4n) is 1.81. The Hall–Kier alpha value is -2.30. The van der Waals surface area contributed by atoms with Gasteiger partial charge in [0.1, 0.15) is 5.82 Å². The maximum absolute atomic E-state index is 5.69. The molecule has 20 heavy (non-hydrogen) atoms. The van der Waals surface area contributed by atoms with Gasteiger partial charge in [0.15, 0.2) is 0 Å². The highest BCUT2D eigenvalue weighted by Crippen LogP contribution is 2.20. The fourth-order valence-corrected chi connectivity index (χ4v) is 1.81. The van der Waals surface area contributed by atoms with Crippen LogP contribution in [0.1, 0.15) is 32.4 Å². The minimum atomic E-state index is 0.0778. The Bertz CT molecular complexity index is 554. The van der Waals surface area contributed by atoms with E-state index in [1.165, 1.54) is 0 Å². The number of hydrogen-bond acceptors (Lipinski definition) is 5. The first-order chi connectivity index (χ1) is 9.54. The summed E-state index contributed by atoms with van der Waals surface area (Å²) >= 11 is 0. The molecule has 1 aromatic heterocycles. The first kappa shape index (κ1) is 14.1. The molecular formula is C15H20N4O. The Kier molecular flexibility index (Phi) is 4.40. The topological polar surface area (TPSA) is 73.1 Å². The third-order valence-corrected chi connectivity index (χ3v) is 2.77. The van der Waals surface area contributed by atoms with Crippen molar-refractivity contribution in [1.29, 1.82) is 0 Å². The van der Waals surface area contributed by atoms with E-state index in [0.717, 1.165) is 11.3 Å². The molecule has 1 aromatic carbocycles. The number of nitrogens with zero attached hydrogens (tertiary/aromatic N) is 2. The van der Waals surface area contributed by atoms with E-state index >= 15 is 0 Å². The molecule has 1 unspecified atom stereocenters. The Morgan fingerprint density at radius 3 is 2.45 bits per heavy atom. The number of hydrogen-bond donors (Lipinski definition) is 2. The first-order valence-electron chi connectivity index (χ1n) is 6.65. The van der Waals surface area contributed by atoms with Gasteiger partial charge in [-0.05, 0) is 38.5 Å². The summed E-state index contributed by atoms with van der Waals surface area (Å²) in [6, 6.07) is 7.87. The molecule has 5 nitrogen and oxygen atoms in total. The second-order valence-electron chi connectivity index (χ2n) is 4.94. The third-order valence-electron chi connectivity index (χ3n) is 2.77. The van der Waals surface area contributed by atoms with Gasteiger partial charge in [0, 0.05) is 11.7 Å². The summed E-state index contributed by atoms with van der Waals surface area (Å²) in [5.41, 5.74) is 7.58. The van der Waals surface area contributed by atoms with Crippen molar-refractivity contribution >= 4 is 11.5 Å². The summed E-state index contributed by atoms with van der Waals surface area (Å²) in [6.45, 7) is 5.97. The zero-order valence-corrected chi connectivity index (χ0v) is 12.0. The Balaban J connectivity index is 2.07. The molecule has 2 aromatic rings. The van der Waals surface area contributed by atoms with Crippen molar-refractivity contribution in [2.75, 3.05) is 11.1 Å². The van der Waals surface area contributed by atoms with Crippen LogP contribution in [0.3, 0.4) is 0 Å². The van der Waals surface area contributed by atoms with Gasteiger partial charge in [-0.1, -0.05) is 12.1 Å². The van der Waals surface area contributed by atoms with E-state index in [-0.39, 0.29) is 12.1 Å². The highest BCUT2D eigenvalue weighted by Gasteiger charge is 2.07. The Morgan fingerprint density at radius 2 is 1.80 bits per heavy atom. The molecule has 0 bridgehead atoms. The summed E-state index contributed by atoms with van der Waals surface area (Å²) < 4.78 is 5.53. The van der Waals surface area contributed by atoms with Crippen molar-refractivity contribution in [1.82, 2.24) is 9.97 Å². The van der Waals surface area contributed by atoms with Crippen molar-refractivity contribution in [3.8, 4) is 5.88 Å². The van der Waals surface area contributed by atoms with Crippen LogP contribution in [0, 0.1) is 0 Å². The van der Waals surface area contributed by atoms with E-state index in [0.29, 0.717) is 11.7 Å². The van der Waals surface area contributed by atoms with Crippen LogP contribution in [0.15, 0.2) is 36.7 Å². The van der Waals surface area contributed by atoms with Crippen molar-refractivity contribution in [2.24, 2.45) is 0 Å². The summed E-state index contributed by atoms with van der Waals surface area (Å²) in [5, 5.41) is 3.30. The number of nitrogen functional groups attached to an aromatic ring is 1. The van der Waals surface area contributed by atoms with Gasteiger partial charge in [-0.15, -0.1) is 0 Å². The summed E-state index contributed by atoms with van der Waals surface area (Å²) in [6.07, 6.45) is 3.37. The van der Waals surface area contributed by atoms with Gasteiger partial charge in [0.05, 0.1) is 18.5 Å². The molecule has 0 aliphatic carbocycles. The number of aromatic nitrogens is 2. The van der Waals surface area contributed by atoms with Crippen LogP contribution < -0.4 is 15.8 Å². The van der Waals surface area contributed by atoms with Crippen molar-refractivity contribution in [3.05, 3.63) is 42.2 Å². The van der Waals surface area contributed by atoms with Crippen LogP contribution in [0.2, 0.25) is 0 Å². The van der Waals surface area contributed by atoms with Gasteiger partial charge in [-0.25, -0.2) is 0 Å². The van der Waals surface area contributed by atoms with Gasteiger partial charge in [0.2, 0.25) is 5.88 Å². The van der Waals surface area contributed by atoms with Gasteiger partial charge in [0.25, 0.3) is 0 Å². The molecule has 2 rings (SSSR count). The SMILES string of the molecule is CC(C)Oc1cncc(NC(C)c2ccc(N)cc2)n1. The van der Waals surface area contributed by atoms with Gasteiger partial charge < -0.3 is 15.8 Å². The average Bonchev–Trinajstić information content (AvgIpc) is 2.39. The normalized spacial score (nSPS) is 12.2. The number of nitrogens with two attached hydrogens (primary N) is 1. The van der Waals surface area contributed by atoms with Gasteiger partial charge in [-0.2, -0.15) is 4.98 Å². The van der Waals surface area contributed by atoms with E-state index in [9.17, 15) is 0 Å². The lowest BCUT2D eigenvalue weighted by molar-refractivity contribution is 0.232. The van der Waals surface area contributed by atoms with Crippen LogP contribution in [0.25, 0.3) is 0 Å². The zero-order chi connectivity index (χ0) is 14.5. The van der Waals surface area contributed by atoms with Gasteiger partial charge >= 0.3 is 0 Å². The molecule has 0 spiro atoms. The third kappa shape index (κ3) is 3.85. The van der Waals surface area contributed by atoms with Crippen molar-refractivity contribution in [3.63, 3.8) is 0 Å². The van der Waals surface area contributed by atoms with Crippen LogP contribution in [0.4, 0.5) is 11.5 Å². The van der Waals surface area contributed by atoms with Crippen molar-refractivity contribution < 1.29 is 4.74 Å². The zero-order valence-electron chi connectivity index (χ0n) is 12.0. The molecule has 3 N–H and O–H groups in total. The molecule has 0 fully saturated rings. The predicted octanol–water partition coefficient (Wildman–Crippen LogP) is 3.02. The lowest BCUT2D eigenvalue weighted by Gasteiger charge is -2.16. The number of nitrogens with one attached hydrogen (secondary N) is 1. The molecule has 1 atom stereocenters. The summed E-state index contributed by atoms with van der Waals surface area (Å²) in [7, 11) is 0. The molecule has 0 aliphatic rings. The van der Waals surface area contributed by atoms with Crippen LogP contribution in [0.5, 0.6) is 5.88 Å². The lowest BCUT2D eigenvalue weighted by Crippen LogP contribution is -2.11. The largest absolute Gasteiger partial charge is 0.474 e. The highest BCUT2D eigenvalue weighted by atomic mass is 16.5. The number of rotatable bonds is 5. The number of ether oxygens (including phenoxy) is 1. The predicted molar refractivity (Wildman–Crippen MR) is 80.7 cm³/mol. The average molecular weight is 272 g/mol. The van der Waals surface area contributed by atoms with Crippen LogP contribution in [-0.4, -0.2) is 16.1 Å². The minimum Gasteiger partial charge on any atom is -0.474 e. The van der Waals surface area contributed by atoms with E-state index in [4.69, 9.17) is 10.5 Å². The van der Waals surface area contributed by atoms with Crippen LogP contribution >= 0.6 is 0 Å². The molecular weight excluding hydrogens is 252 g/mol. The second-order valence-corrected chi connectivity index (χ2v) is 4.94.